The van der Waals surface area contributed by atoms with Gasteiger partial charge in [0.05, 0.1) is 32.6 Å². The topological polar surface area (TPSA) is 124 Å². The fourth-order valence-electron chi connectivity index (χ4n) is 4.72. The number of para-hydroxylation sites is 1. The number of methoxy groups -OCH3 is 2. The Balaban J connectivity index is 1.67. The van der Waals surface area contributed by atoms with E-state index >= 15 is 0 Å². The molecule has 1 aliphatic rings. The number of benzene rings is 2. The molecule has 10 nitrogen and oxygen atoms in total. The van der Waals surface area contributed by atoms with Crippen LogP contribution in [0.5, 0.6) is 5.75 Å². The van der Waals surface area contributed by atoms with Gasteiger partial charge in [-0.15, -0.1) is 0 Å². The molecule has 1 N–H and O–H groups in total. The van der Waals surface area contributed by atoms with Crippen molar-refractivity contribution in [2.75, 3.05) is 33.9 Å². The molecule has 41 heavy (non-hydrogen) atoms. The van der Waals surface area contributed by atoms with Crippen molar-refractivity contribution in [1.82, 2.24) is 9.62 Å². The van der Waals surface area contributed by atoms with Crippen molar-refractivity contribution in [3.05, 3.63) is 82.8 Å². The van der Waals surface area contributed by atoms with Crippen LogP contribution in [0.1, 0.15) is 58.7 Å². The molecule has 3 aromatic rings. The molecule has 0 radical (unpaired) electrons. The normalized spacial score (nSPS) is 17.1. The second kappa shape index (κ2) is 13.3. The molecule has 11 heteroatoms. The van der Waals surface area contributed by atoms with E-state index in [1.165, 1.54) is 11.4 Å². The fourth-order valence-corrected chi connectivity index (χ4v) is 6.29. The van der Waals surface area contributed by atoms with E-state index in [4.69, 9.17) is 18.6 Å². The van der Waals surface area contributed by atoms with Gasteiger partial charge in [-0.25, -0.2) is 8.42 Å². The average molecular weight is 585 g/mol. The van der Waals surface area contributed by atoms with Gasteiger partial charge in [-0.2, -0.15) is 4.31 Å². The van der Waals surface area contributed by atoms with E-state index in [1.54, 1.807) is 43.5 Å². The number of nitrogens with zero attached hydrogens (tertiary/aromatic N) is 1. The highest BCUT2D eigenvalue weighted by Gasteiger charge is 2.34. The summed E-state index contributed by atoms with van der Waals surface area (Å²) in [5, 5.41) is 2.71. The zero-order valence-corrected chi connectivity index (χ0v) is 24.5. The summed E-state index contributed by atoms with van der Waals surface area (Å²) in [6.07, 6.45) is 0.305. The average Bonchev–Trinajstić information content (AvgIpc) is 3.42. The molecule has 0 saturated heterocycles. The number of sulfonamides is 1. The second-order valence-electron chi connectivity index (χ2n) is 9.86. The number of carbonyl (C=O) groups is 2. The number of amides is 1. The van der Waals surface area contributed by atoms with E-state index in [1.807, 2.05) is 32.0 Å². The summed E-state index contributed by atoms with van der Waals surface area (Å²) < 4.78 is 50.7. The third-order valence-electron chi connectivity index (χ3n) is 7.13. The maximum absolute atomic E-state index is 13.7. The van der Waals surface area contributed by atoms with Crippen LogP contribution in [-0.4, -0.2) is 64.6 Å². The van der Waals surface area contributed by atoms with Crippen LogP contribution in [0.3, 0.4) is 0 Å². The number of carbonyl (C=O) groups excluding carboxylic acids is 2. The van der Waals surface area contributed by atoms with Gasteiger partial charge < -0.3 is 23.9 Å². The number of rotatable bonds is 11. The van der Waals surface area contributed by atoms with Crippen molar-refractivity contribution in [2.45, 2.75) is 50.2 Å². The molecule has 4 rings (SSSR count). The molecule has 0 fully saturated rings. The van der Waals surface area contributed by atoms with E-state index in [0.717, 1.165) is 16.7 Å². The number of fused-ring (bicyclic) bond motifs is 1. The van der Waals surface area contributed by atoms with Crippen LogP contribution in [0.15, 0.2) is 63.9 Å². The number of furan rings is 1. The van der Waals surface area contributed by atoms with Gasteiger partial charge in [0.1, 0.15) is 22.5 Å². The van der Waals surface area contributed by atoms with Crippen LogP contribution in [0.2, 0.25) is 0 Å². The fraction of sp³-hybridized carbons (Fsp3) is 0.400. The second-order valence-corrected chi connectivity index (χ2v) is 11.8. The summed E-state index contributed by atoms with van der Waals surface area (Å²) in [5.41, 5.74) is 2.40. The highest BCUT2D eigenvalue weighted by atomic mass is 32.2. The molecule has 2 heterocycles. The lowest BCUT2D eigenvalue weighted by Gasteiger charge is -2.24. The number of ether oxygens (including phenoxy) is 3. The molecule has 1 amide bonds. The van der Waals surface area contributed by atoms with Crippen LogP contribution in [-0.2, 0) is 30.8 Å². The Morgan fingerprint density at radius 1 is 1.12 bits per heavy atom. The summed E-state index contributed by atoms with van der Waals surface area (Å²) in [6.45, 7) is 4.87. The third-order valence-corrected chi connectivity index (χ3v) is 8.98. The SMILES string of the molecule is CC[C@@H]1CN(Cc2cc(C(CC(=O)OC)c3ccc(C(=O)NCCOC)o3)ccc2C)S(=O)(=O)c2ccccc2O1. The molecule has 2 atom stereocenters. The first kappa shape index (κ1) is 30.3. The van der Waals surface area contributed by atoms with E-state index < -0.39 is 27.8 Å². The van der Waals surface area contributed by atoms with Gasteiger partial charge in [0.15, 0.2) is 5.76 Å². The maximum atomic E-state index is 13.7. The molecule has 1 aliphatic heterocycles. The van der Waals surface area contributed by atoms with E-state index in [-0.39, 0.29) is 36.3 Å². The minimum atomic E-state index is -3.84. The predicted octanol–water partition coefficient (Wildman–Crippen LogP) is 4.02. The summed E-state index contributed by atoms with van der Waals surface area (Å²) >= 11 is 0. The number of esters is 1. The van der Waals surface area contributed by atoms with Crippen molar-refractivity contribution in [2.24, 2.45) is 0 Å². The largest absolute Gasteiger partial charge is 0.488 e. The molecule has 1 unspecified atom stereocenters. The van der Waals surface area contributed by atoms with Crippen LogP contribution in [0, 0.1) is 6.92 Å². The van der Waals surface area contributed by atoms with Crippen LogP contribution in [0.4, 0.5) is 0 Å². The molecule has 0 bridgehead atoms. The minimum Gasteiger partial charge on any atom is -0.488 e. The first-order chi connectivity index (χ1) is 19.7. The highest BCUT2D eigenvalue weighted by Crippen LogP contribution is 2.35. The van der Waals surface area contributed by atoms with Crippen LogP contribution >= 0.6 is 0 Å². The summed E-state index contributed by atoms with van der Waals surface area (Å²) in [5.74, 6) is -0.528. The van der Waals surface area contributed by atoms with E-state index in [2.05, 4.69) is 5.32 Å². The molecule has 0 spiro atoms. The Hall–Kier alpha value is -3.67. The Bertz CT molecular complexity index is 1480. The molecule has 0 saturated carbocycles. The van der Waals surface area contributed by atoms with Crippen LogP contribution in [0.25, 0.3) is 0 Å². The first-order valence-corrected chi connectivity index (χ1v) is 14.9. The lowest BCUT2D eigenvalue weighted by atomic mass is 9.90. The summed E-state index contributed by atoms with van der Waals surface area (Å²) in [4.78, 5) is 25.0. The monoisotopic (exact) mass is 584 g/mol. The Morgan fingerprint density at radius 2 is 1.90 bits per heavy atom. The summed E-state index contributed by atoms with van der Waals surface area (Å²) in [7, 11) is -0.985. The smallest absolute Gasteiger partial charge is 0.306 e. The van der Waals surface area contributed by atoms with Crippen molar-refractivity contribution in [3.63, 3.8) is 0 Å². The standard InChI is InChI=1S/C30H36N2O8S/c1-5-23-19-32(41(35,36)28-9-7-6-8-26(28)39-23)18-22-16-21(11-10-20(22)2)24(17-29(33)38-4)25-12-13-27(40-25)30(34)31-14-15-37-3/h6-13,16,23-24H,5,14-15,17-19H2,1-4H3,(H,31,34)/t23-,24?/m1/s1. The maximum Gasteiger partial charge on any atom is 0.306 e. The van der Waals surface area contributed by atoms with E-state index in [9.17, 15) is 18.0 Å². The molecule has 2 aromatic carbocycles. The van der Waals surface area contributed by atoms with Gasteiger partial charge in [-0.05, 0) is 54.3 Å². The van der Waals surface area contributed by atoms with E-state index in [0.29, 0.717) is 31.1 Å². The van der Waals surface area contributed by atoms with Gasteiger partial charge >= 0.3 is 5.97 Å². The van der Waals surface area contributed by atoms with Crippen molar-refractivity contribution in [3.8, 4) is 5.75 Å². The van der Waals surface area contributed by atoms with Crippen molar-refractivity contribution < 1.29 is 36.6 Å². The number of nitrogens with one attached hydrogen (secondary N) is 1. The quantitative estimate of drug-likeness (QED) is 0.265. The van der Waals surface area contributed by atoms with Gasteiger partial charge in [-0.1, -0.05) is 37.3 Å². The third kappa shape index (κ3) is 6.98. The highest BCUT2D eigenvalue weighted by molar-refractivity contribution is 7.89. The number of aryl methyl sites for hydroxylation is 1. The van der Waals surface area contributed by atoms with Gasteiger partial charge in [-0.3, -0.25) is 9.59 Å². The Kier molecular flexibility index (Phi) is 9.85. The van der Waals surface area contributed by atoms with Gasteiger partial charge in [0.25, 0.3) is 5.91 Å². The zero-order chi connectivity index (χ0) is 29.6. The molecular formula is C30H36N2O8S. The lowest BCUT2D eigenvalue weighted by molar-refractivity contribution is -0.140. The Morgan fingerprint density at radius 3 is 2.63 bits per heavy atom. The number of hydrogen-bond donors (Lipinski definition) is 1. The van der Waals surface area contributed by atoms with Crippen LogP contribution < -0.4 is 10.1 Å². The summed E-state index contributed by atoms with van der Waals surface area (Å²) in [6, 6.07) is 15.6. The molecule has 220 valence electrons. The van der Waals surface area contributed by atoms with Crippen molar-refractivity contribution in [1.29, 1.82) is 0 Å². The van der Waals surface area contributed by atoms with Crippen molar-refractivity contribution >= 4 is 21.9 Å². The predicted molar refractivity (Wildman–Crippen MR) is 151 cm³/mol. The Labute approximate surface area is 240 Å². The first-order valence-electron chi connectivity index (χ1n) is 13.5. The van der Waals surface area contributed by atoms with Gasteiger partial charge in [0.2, 0.25) is 10.0 Å². The molecule has 1 aromatic heterocycles. The minimum absolute atomic E-state index is 0.0294. The van der Waals surface area contributed by atoms with Gasteiger partial charge in [0, 0.05) is 20.2 Å². The zero-order valence-electron chi connectivity index (χ0n) is 23.7. The number of hydrogen-bond acceptors (Lipinski definition) is 8. The molecule has 0 aliphatic carbocycles. The lowest BCUT2D eigenvalue weighted by Crippen LogP contribution is -2.36. The molecular weight excluding hydrogens is 548 g/mol.